The van der Waals surface area contributed by atoms with Crippen LogP contribution in [0, 0.1) is 5.92 Å². The molecule has 37 heavy (non-hydrogen) atoms. The molecule has 5 amide bonds. The third-order valence-electron chi connectivity index (χ3n) is 5.31. The van der Waals surface area contributed by atoms with Crippen molar-refractivity contribution in [2.24, 2.45) is 23.1 Å². The second-order valence-corrected chi connectivity index (χ2v) is 9.12. The Labute approximate surface area is 214 Å². The van der Waals surface area contributed by atoms with E-state index in [2.05, 4.69) is 16.0 Å². The van der Waals surface area contributed by atoms with E-state index in [1.165, 1.54) is 0 Å². The predicted molar refractivity (Wildman–Crippen MR) is 133 cm³/mol. The Morgan fingerprint density at radius 1 is 0.811 bits per heavy atom. The molecule has 0 saturated carbocycles. The van der Waals surface area contributed by atoms with Crippen molar-refractivity contribution in [1.29, 1.82) is 0 Å². The van der Waals surface area contributed by atoms with Crippen molar-refractivity contribution >= 4 is 35.5 Å². The van der Waals surface area contributed by atoms with E-state index >= 15 is 0 Å². The zero-order chi connectivity index (χ0) is 28.1. The quantitative estimate of drug-likeness (QED) is 0.132. The van der Waals surface area contributed by atoms with Crippen LogP contribution < -0.4 is 33.2 Å². The fourth-order valence-electron chi connectivity index (χ4n) is 3.44. The lowest BCUT2D eigenvalue weighted by molar-refractivity contribution is -0.142. The van der Waals surface area contributed by atoms with Gasteiger partial charge in [-0.2, -0.15) is 0 Å². The molecule has 1 rings (SSSR count). The summed E-state index contributed by atoms with van der Waals surface area (Å²) in [6.07, 6.45) is -0.697. The number of carboxylic acids is 1. The number of hydrogen-bond acceptors (Lipinski definition) is 7. The molecule has 13 nitrogen and oxygen atoms in total. The predicted octanol–water partition coefficient (Wildman–Crippen LogP) is -1.72. The molecule has 0 aromatic heterocycles. The van der Waals surface area contributed by atoms with Gasteiger partial charge in [-0.1, -0.05) is 44.2 Å². The van der Waals surface area contributed by atoms with Crippen molar-refractivity contribution in [3.63, 3.8) is 0 Å². The smallest absolute Gasteiger partial charge is 0.326 e. The van der Waals surface area contributed by atoms with E-state index in [0.717, 1.165) is 0 Å². The Morgan fingerprint density at radius 3 is 1.86 bits per heavy atom. The topological polar surface area (TPSA) is 237 Å². The number of nitrogens with one attached hydrogen (secondary N) is 3. The monoisotopic (exact) mass is 520 g/mol. The van der Waals surface area contributed by atoms with Crippen LogP contribution in [0.3, 0.4) is 0 Å². The van der Waals surface area contributed by atoms with Gasteiger partial charge in [0, 0.05) is 12.8 Å². The maximum absolute atomic E-state index is 13.2. The lowest BCUT2D eigenvalue weighted by atomic mass is 10.00. The van der Waals surface area contributed by atoms with E-state index in [4.69, 9.17) is 17.2 Å². The molecule has 4 unspecified atom stereocenters. The van der Waals surface area contributed by atoms with E-state index in [-0.39, 0.29) is 31.6 Å². The Kier molecular flexibility index (Phi) is 12.7. The zero-order valence-corrected chi connectivity index (χ0v) is 20.9. The summed E-state index contributed by atoms with van der Waals surface area (Å²) in [6.45, 7) is 3.64. The Balaban J connectivity index is 3.12. The minimum Gasteiger partial charge on any atom is -0.480 e. The molecule has 0 spiro atoms. The van der Waals surface area contributed by atoms with Gasteiger partial charge in [0.05, 0.1) is 12.5 Å². The van der Waals surface area contributed by atoms with Crippen LogP contribution in [-0.2, 0) is 35.2 Å². The number of nitrogens with two attached hydrogens (primary N) is 3. The molecule has 10 N–H and O–H groups in total. The standard InChI is InChI=1S/C24H36N6O7/c1-13(2)10-17(29-21(33)15(25)12-20(27)32)22(34)30-18(11-14-6-4-3-5-7-14)23(35)28-16(24(36)37)8-9-19(26)31/h3-7,13,15-18H,8-12,25H2,1-2H3,(H2,26,31)(H2,27,32)(H,28,35)(H,29,33)(H,30,34)(H,36,37). The second kappa shape index (κ2) is 15.2. The van der Waals surface area contributed by atoms with Gasteiger partial charge in [0.1, 0.15) is 18.1 Å². The van der Waals surface area contributed by atoms with Gasteiger partial charge in [0.15, 0.2) is 0 Å². The van der Waals surface area contributed by atoms with Crippen LogP contribution in [0.2, 0.25) is 0 Å². The van der Waals surface area contributed by atoms with Gasteiger partial charge in [-0.05, 0) is 24.3 Å². The van der Waals surface area contributed by atoms with Gasteiger partial charge in [0.2, 0.25) is 29.5 Å². The Morgan fingerprint density at radius 2 is 1.35 bits per heavy atom. The second-order valence-electron chi connectivity index (χ2n) is 9.12. The van der Waals surface area contributed by atoms with Crippen LogP contribution in [0.15, 0.2) is 30.3 Å². The van der Waals surface area contributed by atoms with Gasteiger partial charge < -0.3 is 38.3 Å². The van der Waals surface area contributed by atoms with Gasteiger partial charge in [0.25, 0.3) is 0 Å². The highest BCUT2D eigenvalue weighted by Gasteiger charge is 2.31. The lowest BCUT2D eigenvalue weighted by Gasteiger charge is -2.26. The average Bonchev–Trinajstić information content (AvgIpc) is 2.80. The summed E-state index contributed by atoms with van der Waals surface area (Å²) in [7, 11) is 0. The number of carbonyl (C=O) groups excluding carboxylic acids is 5. The molecule has 0 aliphatic rings. The van der Waals surface area contributed by atoms with Gasteiger partial charge >= 0.3 is 5.97 Å². The third-order valence-corrected chi connectivity index (χ3v) is 5.31. The highest BCUT2D eigenvalue weighted by atomic mass is 16.4. The number of aliphatic carboxylic acids is 1. The summed E-state index contributed by atoms with van der Waals surface area (Å²) in [5, 5.41) is 16.9. The Hall–Kier alpha value is -4.00. The van der Waals surface area contributed by atoms with Gasteiger partial charge in [-0.15, -0.1) is 0 Å². The van der Waals surface area contributed by atoms with Crippen molar-refractivity contribution in [3.05, 3.63) is 35.9 Å². The first kappa shape index (κ1) is 31.0. The maximum Gasteiger partial charge on any atom is 0.326 e. The van der Waals surface area contributed by atoms with Crippen molar-refractivity contribution in [3.8, 4) is 0 Å². The number of benzene rings is 1. The van der Waals surface area contributed by atoms with E-state index in [9.17, 15) is 33.9 Å². The van der Waals surface area contributed by atoms with Gasteiger partial charge in [-0.3, -0.25) is 24.0 Å². The first-order chi connectivity index (χ1) is 17.3. The normalized spacial score (nSPS) is 14.1. The van der Waals surface area contributed by atoms with Crippen molar-refractivity contribution in [1.82, 2.24) is 16.0 Å². The number of amides is 5. The number of primary amides is 2. The minimum atomic E-state index is -1.41. The SMILES string of the molecule is CC(C)CC(NC(=O)C(N)CC(N)=O)C(=O)NC(Cc1ccccc1)C(=O)NC(CCC(N)=O)C(=O)O. The third kappa shape index (κ3) is 12.0. The van der Waals surface area contributed by atoms with Crippen LogP contribution in [0.1, 0.15) is 45.1 Å². The van der Waals surface area contributed by atoms with Crippen LogP contribution in [0.4, 0.5) is 0 Å². The molecule has 1 aromatic carbocycles. The summed E-state index contributed by atoms with van der Waals surface area (Å²) in [5.74, 6) is -5.18. The summed E-state index contributed by atoms with van der Waals surface area (Å²) in [6, 6.07) is 3.72. The molecular formula is C24H36N6O7. The number of carbonyl (C=O) groups is 6. The molecule has 13 heteroatoms. The van der Waals surface area contributed by atoms with Crippen LogP contribution in [0.5, 0.6) is 0 Å². The fourth-order valence-corrected chi connectivity index (χ4v) is 3.44. The van der Waals surface area contributed by atoms with Crippen LogP contribution in [0.25, 0.3) is 0 Å². The molecule has 0 radical (unpaired) electrons. The summed E-state index contributed by atoms with van der Waals surface area (Å²) < 4.78 is 0. The number of rotatable bonds is 16. The van der Waals surface area contributed by atoms with E-state index in [1.807, 2.05) is 13.8 Å². The highest BCUT2D eigenvalue weighted by molar-refractivity contribution is 5.95. The Bertz CT molecular complexity index is 970. The van der Waals surface area contributed by atoms with E-state index in [1.54, 1.807) is 30.3 Å². The molecular weight excluding hydrogens is 484 g/mol. The molecule has 204 valence electrons. The molecule has 1 aromatic rings. The molecule has 4 atom stereocenters. The van der Waals surface area contributed by atoms with E-state index < -0.39 is 66.1 Å². The number of carboxylic acid groups (broad SMARTS) is 1. The fraction of sp³-hybridized carbons (Fsp3) is 0.500. The van der Waals surface area contributed by atoms with E-state index in [0.29, 0.717) is 5.56 Å². The molecule has 0 heterocycles. The molecule has 0 saturated heterocycles. The van der Waals surface area contributed by atoms with Crippen molar-refractivity contribution in [2.75, 3.05) is 0 Å². The average molecular weight is 521 g/mol. The minimum absolute atomic E-state index is 0.0180. The first-order valence-corrected chi connectivity index (χ1v) is 11.8. The largest absolute Gasteiger partial charge is 0.480 e. The summed E-state index contributed by atoms with van der Waals surface area (Å²) in [5.41, 5.74) is 16.5. The maximum atomic E-state index is 13.2. The van der Waals surface area contributed by atoms with Crippen LogP contribution >= 0.6 is 0 Å². The summed E-state index contributed by atoms with van der Waals surface area (Å²) >= 11 is 0. The molecule has 0 fully saturated rings. The van der Waals surface area contributed by atoms with Crippen LogP contribution in [-0.4, -0.2) is 64.8 Å². The highest BCUT2D eigenvalue weighted by Crippen LogP contribution is 2.09. The van der Waals surface area contributed by atoms with Gasteiger partial charge in [-0.25, -0.2) is 4.79 Å². The van der Waals surface area contributed by atoms with Crippen molar-refractivity contribution < 1.29 is 33.9 Å². The summed E-state index contributed by atoms with van der Waals surface area (Å²) in [4.78, 5) is 72.5. The number of hydrogen-bond donors (Lipinski definition) is 7. The van der Waals surface area contributed by atoms with Crippen molar-refractivity contribution in [2.45, 2.75) is 70.1 Å². The first-order valence-electron chi connectivity index (χ1n) is 11.8. The molecule has 0 aliphatic heterocycles. The molecule has 0 bridgehead atoms. The lowest BCUT2D eigenvalue weighted by Crippen LogP contribution is -2.58. The zero-order valence-electron chi connectivity index (χ0n) is 20.9. The molecule has 0 aliphatic carbocycles.